The molecule has 1 N–H and O–H groups in total. The minimum absolute atomic E-state index is 0.00236. The van der Waals surface area contributed by atoms with Gasteiger partial charge in [0.25, 0.3) is 0 Å². The number of amides is 1. The van der Waals surface area contributed by atoms with Crippen molar-refractivity contribution in [1.82, 2.24) is 4.90 Å². The molecular formula is C7H11NO4. The van der Waals surface area contributed by atoms with Crippen LogP contribution in [-0.2, 0) is 14.3 Å². The molecule has 0 unspecified atom stereocenters. The fourth-order valence-corrected chi connectivity index (χ4v) is 1.07. The summed E-state index contributed by atoms with van der Waals surface area (Å²) in [6.07, 6.45) is 0. The van der Waals surface area contributed by atoms with E-state index in [1.165, 1.54) is 11.8 Å². The van der Waals surface area contributed by atoms with Crippen LogP contribution in [0, 0.1) is 0 Å². The Morgan fingerprint density at radius 3 is 2.92 bits per heavy atom. The van der Waals surface area contributed by atoms with E-state index in [4.69, 9.17) is 9.84 Å². The van der Waals surface area contributed by atoms with E-state index in [9.17, 15) is 9.59 Å². The first-order valence-electron chi connectivity index (χ1n) is 3.73. The van der Waals surface area contributed by atoms with E-state index in [1.807, 2.05) is 0 Å². The maximum Gasteiger partial charge on any atom is 0.326 e. The largest absolute Gasteiger partial charge is 0.480 e. The molecule has 12 heavy (non-hydrogen) atoms. The molecule has 1 atom stereocenters. The van der Waals surface area contributed by atoms with Gasteiger partial charge in [-0.3, -0.25) is 4.79 Å². The van der Waals surface area contributed by atoms with Gasteiger partial charge in [-0.05, 0) is 6.92 Å². The minimum atomic E-state index is -0.981. The van der Waals surface area contributed by atoms with Crippen LogP contribution in [0.4, 0.5) is 0 Å². The number of nitrogens with zero attached hydrogens (tertiary/aromatic N) is 1. The van der Waals surface area contributed by atoms with E-state index >= 15 is 0 Å². The van der Waals surface area contributed by atoms with Crippen molar-refractivity contribution in [2.45, 2.75) is 13.0 Å². The predicted octanol–water partition coefficient (Wildman–Crippen LogP) is -0.682. The highest BCUT2D eigenvalue weighted by Crippen LogP contribution is 2.04. The number of carboxylic acids is 1. The van der Waals surface area contributed by atoms with Crippen molar-refractivity contribution in [2.24, 2.45) is 0 Å². The summed E-state index contributed by atoms with van der Waals surface area (Å²) in [4.78, 5) is 22.9. The Kier molecular flexibility index (Phi) is 2.65. The van der Waals surface area contributed by atoms with Crippen LogP contribution in [0.25, 0.3) is 0 Å². The van der Waals surface area contributed by atoms with Crippen molar-refractivity contribution >= 4 is 11.9 Å². The van der Waals surface area contributed by atoms with Gasteiger partial charge in [0.1, 0.15) is 12.6 Å². The third kappa shape index (κ3) is 1.73. The molecule has 1 amide bonds. The molecule has 1 rings (SSSR count). The Morgan fingerprint density at radius 2 is 2.42 bits per heavy atom. The molecular weight excluding hydrogens is 162 g/mol. The Morgan fingerprint density at radius 1 is 1.75 bits per heavy atom. The van der Waals surface area contributed by atoms with Gasteiger partial charge in [-0.25, -0.2) is 4.79 Å². The molecule has 5 nitrogen and oxygen atoms in total. The monoisotopic (exact) mass is 173 g/mol. The highest BCUT2D eigenvalue weighted by atomic mass is 16.5. The van der Waals surface area contributed by atoms with Gasteiger partial charge in [0.15, 0.2) is 0 Å². The zero-order valence-electron chi connectivity index (χ0n) is 6.82. The SMILES string of the molecule is C[C@@H](C(=O)O)N1CCOCC1=O. The smallest absolute Gasteiger partial charge is 0.326 e. The van der Waals surface area contributed by atoms with Crippen LogP contribution in [0.2, 0.25) is 0 Å². The fraction of sp³-hybridized carbons (Fsp3) is 0.714. The average molecular weight is 173 g/mol. The van der Waals surface area contributed by atoms with Gasteiger partial charge >= 0.3 is 5.97 Å². The number of carboxylic acid groups (broad SMARTS) is 1. The van der Waals surface area contributed by atoms with Gasteiger partial charge < -0.3 is 14.7 Å². The molecule has 1 heterocycles. The first-order valence-corrected chi connectivity index (χ1v) is 3.73. The predicted molar refractivity (Wildman–Crippen MR) is 39.6 cm³/mol. The van der Waals surface area contributed by atoms with Gasteiger partial charge in [-0.1, -0.05) is 0 Å². The van der Waals surface area contributed by atoms with Crippen molar-refractivity contribution in [3.05, 3.63) is 0 Å². The highest BCUT2D eigenvalue weighted by Gasteiger charge is 2.27. The molecule has 1 fully saturated rings. The third-order valence-electron chi connectivity index (χ3n) is 1.85. The van der Waals surface area contributed by atoms with Gasteiger partial charge in [0, 0.05) is 6.54 Å². The normalized spacial score (nSPS) is 20.8. The van der Waals surface area contributed by atoms with Crippen LogP contribution in [0.5, 0.6) is 0 Å². The Labute approximate surface area is 69.9 Å². The Balaban J connectivity index is 2.59. The lowest BCUT2D eigenvalue weighted by Gasteiger charge is -2.29. The van der Waals surface area contributed by atoms with Crippen molar-refractivity contribution < 1.29 is 19.4 Å². The second-order valence-corrected chi connectivity index (χ2v) is 2.65. The number of carbonyl (C=O) groups excluding carboxylic acids is 1. The average Bonchev–Trinajstić information content (AvgIpc) is 2.04. The van der Waals surface area contributed by atoms with Crippen LogP contribution in [-0.4, -0.2) is 47.7 Å². The molecule has 0 spiro atoms. The third-order valence-corrected chi connectivity index (χ3v) is 1.85. The Bertz CT molecular complexity index is 204. The summed E-state index contributed by atoms with van der Waals surface area (Å²) < 4.78 is 4.86. The van der Waals surface area contributed by atoms with Crippen LogP contribution in [0.3, 0.4) is 0 Å². The number of morpholine rings is 1. The van der Waals surface area contributed by atoms with Gasteiger partial charge in [-0.15, -0.1) is 0 Å². The topological polar surface area (TPSA) is 66.8 Å². The molecule has 1 aliphatic rings. The van der Waals surface area contributed by atoms with E-state index in [0.717, 1.165) is 0 Å². The van der Waals surface area contributed by atoms with Gasteiger partial charge in [0.05, 0.1) is 6.61 Å². The lowest BCUT2D eigenvalue weighted by atomic mass is 10.2. The zero-order valence-corrected chi connectivity index (χ0v) is 6.82. The molecule has 5 heteroatoms. The van der Waals surface area contributed by atoms with Crippen LogP contribution >= 0.6 is 0 Å². The molecule has 0 aromatic rings. The molecule has 0 bridgehead atoms. The first-order chi connectivity index (χ1) is 5.63. The number of carbonyl (C=O) groups is 2. The van der Waals surface area contributed by atoms with E-state index in [0.29, 0.717) is 13.2 Å². The molecule has 0 aliphatic carbocycles. The summed E-state index contributed by atoms with van der Waals surface area (Å²) in [7, 11) is 0. The van der Waals surface area contributed by atoms with Crippen LogP contribution in [0.1, 0.15) is 6.92 Å². The zero-order chi connectivity index (χ0) is 9.14. The number of ether oxygens (including phenoxy) is 1. The van der Waals surface area contributed by atoms with Crippen molar-refractivity contribution in [3.63, 3.8) is 0 Å². The van der Waals surface area contributed by atoms with E-state index < -0.39 is 12.0 Å². The molecule has 0 aromatic heterocycles. The van der Waals surface area contributed by atoms with Crippen molar-refractivity contribution in [3.8, 4) is 0 Å². The standard InChI is InChI=1S/C7H11NO4/c1-5(7(10)11)8-2-3-12-4-6(8)9/h5H,2-4H2,1H3,(H,10,11)/t5-/m0/s1. The van der Waals surface area contributed by atoms with Crippen LogP contribution < -0.4 is 0 Å². The molecule has 68 valence electrons. The molecule has 0 aromatic carbocycles. The summed E-state index contributed by atoms with van der Waals surface area (Å²) in [5.74, 6) is -1.23. The number of aliphatic carboxylic acids is 1. The fourth-order valence-electron chi connectivity index (χ4n) is 1.07. The number of hydrogen-bond acceptors (Lipinski definition) is 3. The van der Waals surface area contributed by atoms with Gasteiger partial charge in [0.2, 0.25) is 5.91 Å². The highest BCUT2D eigenvalue weighted by molar-refractivity contribution is 5.84. The molecule has 1 aliphatic heterocycles. The molecule has 0 radical (unpaired) electrons. The summed E-state index contributed by atoms with van der Waals surface area (Å²) in [6.45, 7) is 2.28. The molecule has 1 saturated heterocycles. The van der Waals surface area contributed by atoms with Crippen molar-refractivity contribution in [2.75, 3.05) is 19.8 Å². The lowest BCUT2D eigenvalue weighted by molar-refractivity contribution is -0.156. The second kappa shape index (κ2) is 3.53. The quantitative estimate of drug-likeness (QED) is 0.600. The van der Waals surface area contributed by atoms with E-state index in [2.05, 4.69) is 0 Å². The summed E-state index contributed by atoms with van der Waals surface area (Å²) >= 11 is 0. The summed E-state index contributed by atoms with van der Waals surface area (Å²) in [5.41, 5.74) is 0. The van der Waals surface area contributed by atoms with E-state index in [-0.39, 0.29) is 12.5 Å². The second-order valence-electron chi connectivity index (χ2n) is 2.65. The maximum absolute atomic E-state index is 11.1. The maximum atomic E-state index is 11.1. The summed E-state index contributed by atoms with van der Waals surface area (Å²) in [5, 5.41) is 8.62. The molecule has 0 saturated carbocycles. The number of hydrogen-bond donors (Lipinski definition) is 1. The van der Waals surface area contributed by atoms with Gasteiger partial charge in [-0.2, -0.15) is 0 Å². The van der Waals surface area contributed by atoms with E-state index in [1.54, 1.807) is 0 Å². The first kappa shape index (κ1) is 8.99. The minimum Gasteiger partial charge on any atom is -0.480 e. The lowest BCUT2D eigenvalue weighted by Crippen LogP contribution is -2.49. The summed E-state index contributed by atoms with van der Waals surface area (Å²) in [6, 6.07) is -0.749. The number of rotatable bonds is 2. The van der Waals surface area contributed by atoms with Crippen molar-refractivity contribution in [1.29, 1.82) is 0 Å². The van der Waals surface area contributed by atoms with Crippen LogP contribution in [0.15, 0.2) is 0 Å². The Hall–Kier alpha value is -1.10.